The molecule has 106 valence electrons. The van der Waals surface area contributed by atoms with E-state index in [-0.39, 0.29) is 5.91 Å². The molecular weight excluding hydrogens is 286 g/mol. The molecule has 21 heavy (non-hydrogen) atoms. The third-order valence-electron chi connectivity index (χ3n) is 3.00. The van der Waals surface area contributed by atoms with Gasteiger partial charge < -0.3 is 10.1 Å². The van der Waals surface area contributed by atoms with E-state index in [9.17, 15) is 4.79 Å². The normalized spacial score (nSPS) is 10.5. The van der Waals surface area contributed by atoms with Gasteiger partial charge in [0.2, 0.25) is 0 Å². The van der Waals surface area contributed by atoms with E-state index in [1.54, 1.807) is 25.6 Å². The van der Waals surface area contributed by atoms with Crippen molar-refractivity contribution < 1.29 is 9.53 Å². The number of carbonyl (C=O) groups is 1. The highest BCUT2D eigenvalue weighted by Gasteiger charge is 2.08. The van der Waals surface area contributed by atoms with Crippen molar-refractivity contribution in [2.24, 2.45) is 0 Å². The maximum Gasteiger partial charge on any atom is 0.273 e. The number of rotatable bonds is 4. The lowest BCUT2D eigenvalue weighted by atomic mass is 10.1. The van der Waals surface area contributed by atoms with Gasteiger partial charge in [-0.3, -0.25) is 9.78 Å². The Labute approximate surface area is 125 Å². The number of thiazole rings is 1. The van der Waals surface area contributed by atoms with Gasteiger partial charge in [-0.25, -0.2) is 4.98 Å². The summed E-state index contributed by atoms with van der Waals surface area (Å²) in [4.78, 5) is 21.4. The Kier molecular flexibility index (Phi) is 3.79. The molecule has 0 radical (unpaired) electrons. The summed E-state index contributed by atoms with van der Waals surface area (Å²) in [6, 6.07) is 9.25. The second-order valence-electron chi connectivity index (χ2n) is 4.39. The van der Waals surface area contributed by atoms with Crippen molar-refractivity contribution in [1.29, 1.82) is 0 Å². The standard InChI is InChI=1S/C15H13N3O2S/c1-20-15-18-9-12(21-15)8-17-14(19)11-4-5-13-10(7-11)3-2-6-16-13/h2-7,9H,8H2,1H3,(H,17,19). The lowest BCUT2D eigenvalue weighted by molar-refractivity contribution is 0.0951. The highest BCUT2D eigenvalue weighted by molar-refractivity contribution is 7.13. The molecule has 0 bridgehead atoms. The van der Waals surface area contributed by atoms with Crippen molar-refractivity contribution >= 4 is 28.1 Å². The van der Waals surface area contributed by atoms with Gasteiger partial charge in [0.1, 0.15) is 0 Å². The minimum absolute atomic E-state index is 0.117. The summed E-state index contributed by atoms with van der Waals surface area (Å²) in [5.74, 6) is -0.117. The Morgan fingerprint density at radius 3 is 3.05 bits per heavy atom. The molecule has 2 heterocycles. The van der Waals surface area contributed by atoms with Gasteiger partial charge in [-0.05, 0) is 24.3 Å². The quantitative estimate of drug-likeness (QED) is 0.804. The second-order valence-corrected chi connectivity index (χ2v) is 5.47. The van der Waals surface area contributed by atoms with Crippen LogP contribution in [0.15, 0.2) is 42.7 Å². The van der Waals surface area contributed by atoms with E-state index in [2.05, 4.69) is 15.3 Å². The average Bonchev–Trinajstić information content (AvgIpc) is 3.00. The number of benzene rings is 1. The van der Waals surface area contributed by atoms with Crippen LogP contribution in [0.3, 0.4) is 0 Å². The maximum absolute atomic E-state index is 12.2. The van der Waals surface area contributed by atoms with Gasteiger partial charge in [0.15, 0.2) is 0 Å². The molecule has 0 spiro atoms. The third-order valence-corrected chi connectivity index (χ3v) is 3.95. The number of fused-ring (bicyclic) bond motifs is 1. The van der Waals surface area contributed by atoms with Crippen molar-refractivity contribution in [2.45, 2.75) is 6.54 Å². The van der Waals surface area contributed by atoms with E-state index in [1.807, 2.05) is 24.3 Å². The molecule has 6 heteroatoms. The van der Waals surface area contributed by atoms with Crippen molar-refractivity contribution in [3.8, 4) is 5.19 Å². The van der Waals surface area contributed by atoms with Crippen molar-refractivity contribution in [2.75, 3.05) is 7.11 Å². The van der Waals surface area contributed by atoms with E-state index in [4.69, 9.17) is 4.74 Å². The maximum atomic E-state index is 12.2. The third kappa shape index (κ3) is 3.00. The molecule has 0 saturated carbocycles. The topological polar surface area (TPSA) is 64.1 Å². The summed E-state index contributed by atoms with van der Waals surface area (Å²) in [6.45, 7) is 0.435. The molecular formula is C15H13N3O2S. The highest BCUT2D eigenvalue weighted by Crippen LogP contribution is 2.19. The molecule has 2 aromatic heterocycles. The molecule has 3 rings (SSSR count). The molecule has 0 unspecified atom stereocenters. The molecule has 0 saturated heterocycles. The van der Waals surface area contributed by atoms with Gasteiger partial charge in [0.25, 0.3) is 11.1 Å². The Hall–Kier alpha value is -2.47. The summed E-state index contributed by atoms with van der Waals surface area (Å²) in [5, 5.41) is 4.42. The van der Waals surface area contributed by atoms with Crippen molar-refractivity contribution in [3.63, 3.8) is 0 Å². The van der Waals surface area contributed by atoms with Gasteiger partial charge in [-0.2, -0.15) is 0 Å². The molecule has 0 aliphatic carbocycles. The van der Waals surface area contributed by atoms with Crippen LogP contribution in [0.5, 0.6) is 5.19 Å². The average molecular weight is 299 g/mol. The molecule has 1 amide bonds. The number of hydrogen-bond acceptors (Lipinski definition) is 5. The molecule has 0 atom stereocenters. The fourth-order valence-corrected chi connectivity index (χ4v) is 2.61. The molecule has 0 aliphatic rings. The summed E-state index contributed by atoms with van der Waals surface area (Å²) in [5.41, 5.74) is 1.49. The zero-order chi connectivity index (χ0) is 14.7. The van der Waals surface area contributed by atoms with Crippen molar-refractivity contribution in [1.82, 2.24) is 15.3 Å². The summed E-state index contributed by atoms with van der Waals surface area (Å²) in [7, 11) is 1.57. The summed E-state index contributed by atoms with van der Waals surface area (Å²) < 4.78 is 5.02. The fourth-order valence-electron chi connectivity index (χ4n) is 1.95. The molecule has 5 nitrogen and oxygen atoms in total. The minimum Gasteiger partial charge on any atom is -0.473 e. The lowest BCUT2D eigenvalue weighted by Crippen LogP contribution is -2.22. The number of nitrogens with one attached hydrogen (secondary N) is 1. The number of hydrogen-bond donors (Lipinski definition) is 1. The number of methoxy groups -OCH3 is 1. The Bertz CT molecular complexity index is 785. The molecule has 3 aromatic rings. The van der Waals surface area contributed by atoms with Crippen LogP contribution in [-0.2, 0) is 6.54 Å². The molecule has 0 fully saturated rings. The van der Waals surface area contributed by atoms with E-state index >= 15 is 0 Å². The Morgan fingerprint density at radius 1 is 1.33 bits per heavy atom. The molecule has 0 aliphatic heterocycles. The first-order chi connectivity index (χ1) is 10.3. The first-order valence-electron chi connectivity index (χ1n) is 6.38. The van der Waals surface area contributed by atoms with Crippen LogP contribution >= 0.6 is 11.3 Å². The largest absolute Gasteiger partial charge is 0.473 e. The van der Waals surface area contributed by atoms with Crippen LogP contribution in [0, 0.1) is 0 Å². The first-order valence-corrected chi connectivity index (χ1v) is 7.19. The van der Waals surface area contributed by atoms with Gasteiger partial charge >= 0.3 is 0 Å². The van der Waals surface area contributed by atoms with E-state index in [1.165, 1.54) is 11.3 Å². The fraction of sp³-hybridized carbons (Fsp3) is 0.133. The first kappa shape index (κ1) is 13.5. The van der Waals surface area contributed by atoms with E-state index in [0.717, 1.165) is 15.8 Å². The highest BCUT2D eigenvalue weighted by atomic mass is 32.1. The number of aromatic nitrogens is 2. The van der Waals surface area contributed by atoms with Gasteiger partial charge in [0, 0.05) is 28.2 Å². The van der Waals surface area contributed by atoms with Gasteiger partial charge in [-0.1, -0.05) is 17.4 Å². The number of carbonyl (C=O) groups excluding carboxylic acids is 1. The van der Waals surface area contributed by atoms with Gasteiger partial charge in [-0.15, -0.1) is 0 Å². The van der Waals surface area contributed by atoms with Gasteiger partial charge in [0.05, 0.1) is 19.2 Å². The minimum atomic E-state index is -0.117. The summed E-state index contributed by atoms with van der Waals surface area (Å²) >= 11 is 1.41. The van der Waals surface area contributed by atoms with E-state index in [0.29, 0.717) is 17.3 Å². The zero-order valence-electron chi connectivity index (χ0n) is 11.4. The number of amides is 1. The van der Waals surface area contributed by atoms with Crippen LogP contribution in [0.2, 0.25) is 0 Å². The molecule has 1 N–H and O–H groups in total. The summed E-state index contributed by atoms with van der Waals surface area (Å²) in [6.07, 6.45) is 3.44. The van der Waals surface area contributed by atoms with Crippen LogP contribution in [-0.4, -0.2) is 23.0 Å². The van der Waals surface area contributed by atoms with Crippen LogP contribution in [0.1, 0.15) is 15.2 Å². The van der Waals surface area contributed by atoms with Crippen LogP contribution in [0.25, 0.3) is 10.9 Å². The number of nitrogens with zero attached hydrogens (tertiary/aromatic N) is 2. The van der Waals surface area contributed by atoms with Crippen LogP contribution < -0.4 is 10.1 Å². The number of ether oxygens (including phenoxy) is 1. The second kappa shape index (κ2) is 5.88. The SMILES string of the molecule is COc1ncc(CNC(=O)c2ccc3ncccc3c2)s1. The number of pyridine rings is 1. The monoisotopic (exact) mass is 299 g/mol. The van der Waals surface area contributed by atoms with Crippen molar-refractivity contribution in [3.05, 3.63) is 53.2 Å². The van der Waals surface area contributed by atoms with E-state index < -0.39 is 0 Å². The zero-order valence-corrected chi connectivity index (χ0v) is 12.2. The van der Waals surface area contributed by atoms with Crippen LogP contribution in [0.4, 0.5) is 0 Å². The Balaban J connectivity index is 1.71. The lowest BCUT2D eigenvalue weighted by Gasteiger charge is -2.04. The smallest absolute Gasteiger partial charge is 0.273 e. The molecule has 1 aromatic carbocycles. The predicted molar refractivity (Wildman–Crippen MR) is 81.6 cm³/mol. The predicted octanol–water partition coefficient (Wildman–Crippen LogP) is 2.63. The Morgan fingerprint density at radius 2 is 2.24 bits per heavy atom.